The van der Waals surface area contributed by atoms with Crippen LogP contribution in [-0.2, 0) is 0 Å². The second kappa shape index (κ2) is 4.27. The van der Waals surface area contributed by atoms with Crippen LogP contribution in [0.15, 0.2) is 40.5 Å². The molecule has 1 N–H and O–H groups in total. The average Bonchev–Trinajstić information content (AvgIpc) is 3.00. The van der Waals surface area contributed by atoms with Crippen molar-refractivity contribution in [3.8, 4) is 5.69 Å². The number of nitrogens with one attached hydrogen (secondary N) is 1. The number of tetrazole rings is 1. The van der Waals surface area contributed by atoms with Crippen LogP contribution < -0.4 is 4.72 Å². The summed E-state index contributed by atoms with van der Waals surface area (Å²) in [6, 6.07) is 7.88. The highest BCUT2D eigenvalue weighted by atomic mass is 35.5. The maximum absolute atomic E-state index is 5.75. The summed E-state index contributed by atoms with van der Waals surface area (Å²) in [6.07, 6.45) is 1.55. The summed E-state index contributed by atoms with van der Waals surface area (Å²) in [6.45, 7) is 0. The zero-order valence-corrected chi connectivity index (χ0v) is 10.1. The second-order valence-corrected chi connectivity index (χ2v) is 5.13. The molecule has 0 saturated heterocycles. The van der Waals surface area contributed by atoms with E-state index in [0.29, 0.717) is 5.29 Å². The van der Waals surface area contributed by atoms with Gasteiger partial charge in [-0.1, -0.05) is 0 Å². The molecular weight excluding hydrogens is 260 g/mol. The van der Waals surface area contributed by atoms with Crippen LogP contribution >= 0.6 is 22.3 Å². The molecule has 0 bridgehead atoms. The lowest BCUT2D eigenvalue weighted by Crippen LogP contribution is -2.06. The fourth-order valence-corrected chi connectivity index (χ4v) is 2.91. The fraction of sp³-hybridized carbons (Fsp3) is 0. The minimum atomic E-state index is -0.247. The third-order valence-corrected chi connectivity index (χ3v) is 3.98. The molecule has 6 nitrogen and oxygen atoms in total. The predicted molar refractivity (Wildman–Crippen MR) is 67.5 cm³/mol. The lowest BCUT2D eigenvalue weighted by Gasteiger charge is -2.06. The van der Waals surface area contributed by atoms with Gasteiger partial charge in [-0.2, -0.15) is 0 Å². The van der Waals surface area contributed by atoms with E-state index in [2.05, 4.69) is 25.2 Å². The average molecular weight is 267 g/mol. The van der Waals surface area contributed by atoms with Gasteiger partial charge in [0, 0.05) is 4.90 Å². The number of halogens is 1. The zero-order chi connectivity index (χ0) is 11.7. The smallest absolute Gasteiger partial charge is 0.206 e. The number of hydrogen-bond donors (Lipinski definition) is 1. The van der Waals surface area contributed by atoms with Gasteiger partial charge < -0.3 is 4.72 Å². The van der Waals surface area contributed by atoms with Gasteiger partial charge in [-0.3, -0.25) is 0 Å². The number of aliphatic imine (C=N–C) groups is 1. The number of rotatable bonds is 2. The first kappa shape index (κ1) is 10.4. The van der Waals surface area contributed by atoms with Crippen molar-refractivity contribution in [1.82, 2.24) is 24.9 Å². The van der Waals surface area contributed by atoms with Crippen LogP contribution in [0.2, 0.25) is 0 Å². The Morgan fingerprint density at radius 2 is 2.06 bits per heavy atom. The Balaban J connectivity index is 1.87. The van der Waals surface area contributed by atoms with Crippen molar-refractivity contribution in [3.63, 3.8) is 0 Å². The van der Waals surface area contributed by atoms with Gasteiger partial charge in [0.15, 0.2) is 0 Å². The van der Waals surface area contributed by atoms with Gasteiger partial charge in [0.25, 0.3) is 0 Å². The normalized spacial score (nSPS) is 18.4. The van der Waals surface area contributed by atoms with E-state index in [1.807, 2.05) is 24.3 Å². The van der Waals surface area contributed by atoms with Crippen molar-refractivity contribution in [2.24, 2.45) is 4.99 Å². The van der Waals surface area contributed by atoms with Crippen molar-refractivity contribution in [3.05, 3.63) is 30.6 Å². The van der Waals surface area contributed by atoms with Crippen LogP contribution in [0.5, 0.6) is 0 Å². The third-order valence-electron chi connectivity index (χ3n) is 2.17. The minimum Gasteiger partial charge on any atom is -0.305 e. The Kier molecular flexibility index (Phi) is 2.62. The van der Waals surface area contributed by atoms with Crippen LogP contribution in [0, 0.1) is 0 Å². The van der Waals surface area contributed by atoms with E-state index in [0.717, 1.165) is 10.6 Å². The highest BCUT2D eigenvalue weighted by Crippen LogP contribution is 2.26. The summed E-state index contributed by atoms with van der Waals surface area (Å²) in [5.41, 5.74) is 2.71. The Morgan fingerprint density at radius 3 is 2.65 bits per heavy atom. The molecule has 0 radical (unpaired) electrons. The molecular formula is C9H7ClN6S. The van der Waals surface area contributed by atoms with E-state index < -0.39 is 0 Å². The van der Waals surface area contributed by atoms with E-state index in [-0.39, 0.29) is 10.7 Å². The topological polar surface area (TPSA) is 68.0 Å². The second-order valence-electron chi connectivity index (χ2n) is 3.21. The van der Waals surface area contributed by atoms with Gasteiger partial charge in [0.1, 0.15) is 6.33 Å². The summed E-state index contributed by atoms with van der Waals surface area (Å²) in [5, 5.41) is 11.4. The fourth-order valence-electron chi connectivity index (χ4n) is 1.39. The monoisotopic (exact) mass is 266 g/mol. The maximum atomic E-state index is 5.75. The summed E-state index contributed by atoms with van der Waals surface area (Å²) in [5.74, 6) is 0. The van der Waals surface area contributed by atoms with Gasteiger partial charge in [0.05, 0.1) is 11.2 Å². The maximum Gasteiger partial charge on any atom is 0.206 e. The summed E-state index contributed by atoms with van der Waals surface area (Å²) >= 11 is 5.75. The van der Waals surface area contributed by atoms with E-state index in [4.69, 9.17) is 11.6 Å². The van der Waals surface area contributed by atoms with E-state index in [9.17, 15) is 0 Å². The lowest BCUT2D eigenvalue weighted by atomic mass is 10.3. The van der Waals surface area contributed by atoms with E-state index in [1.54, 1.807) is 16.5 Å². The molecule has 8 heteroatoms. The van der Waals surface area contributed by atoms with Crippen molar-refractivity contribution < 1.29 is 0 Å². The molecule has 2 aromatic rings. The highest BCUT2D eigenvalue weighted by Gasteiger charge is 2.07. The van der Waals surface area contributed by atoms with Gasteiger partial charge in [-0.25, -0.2) is 9.67 Å². The van der Waals surface area contributed by atoms with Crippen LogP contribution in [0.25, 0.3) is 5.69 Å². The SMILES string of the molecule is ClC1=NC=S(c2ccc(-n3cnnn3)cc2)N1. The first-order valence-corrected chi connectivity index (χ1v) is 6.39. The third kappa shape index (κ3) is 2.06. The van der Waals surface area contributed by atoms with Crippen LogP contribution in [0.3, 0.4) is 0 Å². The molecule has 17 heavy (non-hydrogen) atoms. The van der Waals surface area contributed by atoms with Gasteiger partial charge in [-0.15, -0.1) is 5.10 Å². The van der Waals surface area contributed by atoms with Crippen molar-refractivity contribution in [2.45, 2.75) is 4.90 Å². The van der Waals surface area contributed by atoms with Gasteiger partial charge >= 0.3 is 0 Å². The van der Waals surface area contributed by atoms with Crippen LogP contribution in [-0.4, -0.2) is 31.0 Å². The van der Waals surface area contributed by atoms with Crippen molar-refractivity contribution in [1.29, 1.82) is 0 Å². The van der Waals surface area contributed by atoms with Gasteiger partial charge in [0.2, 0.25) is 5.29 Å². The molecule has 3 rings (SSSR count). The summed E-state index contributed by atoms with van der Waals surface area (Å²) in [4.78, 5) is 5.10. The first-order chi connectivity index (χ1) is 8.33. The van der Waals surface area contributed by atoms with Crippen LogP contribution in [0.1, 0.15) is 0 Å². The molecule has 1 aromatic heterocycles. The molecule has 1 aliphatic rings. The van der Waals surface area contributed by atoms with Crippen molar-refractivity contribution in [2.75, 3.05) is 0 Å². The largest absolute Gasteiger partial charge is 0.305 e. The number of amidine groups is 1. The Bertz CT molecular complexity index is 588. The summed E-state index contributed by atoms with van der Waals surface area (Å²) in [7, 11) is -0.247. The quantitative estimate of drug-likeness (QED) is 0.654. The highest BCUT2D eigenvalue weighted by molar-refractivity contribution is 8.14. The number of benzene rings is 1. The molecule has 0 spiro atoms. The first-order valence-electron chi connectivity index (χ1n) is 4.73. The molecule has 0 saturated carbocycles. The molecule has 0 amide bonds. The molecule has 1 atom stereocenters. The van der Waals surface area contributed by atoms with Crippen LogP contribution in [0.4, 0.5) is 0 Å². The molecule has 86 valence electrons. The summed E-state index contributed by atoms with van der Waals surface area (Å²) < 4.78 is 4.66. The standard InChI is InChI=1S/C9H7ClN6S/c10-9-11-6-17(13-9)8-3-1-7(2-4-8)16-5-12-14-15-16/h1-6H,(H,11,13). The molecule has 1 unspecified atom stereocenters. The molecule has 2 heterocycles. The molecule has 0 aliphatic carbocycles. The minimum absolute atomic E-state index is 0.247. The molecule has 1 aromatic carbocycles. The molecule has 1 aliphatic heterocycles. The predicted octanol–water partition coefficient (Wildman–Crippen LogP) is 1.16. The number of aromatic nitrogens is 4. The molecule has 0 fully saturated rings. The lowest BCUT2D eigenvalue weighted by molar-refractivity contribution is 0.788. The Hall–Kier alpha value is -1.73. The Morgan fingerprint density at radius 1 is 1.24 bits per heavy atom. The van der Waals surface area contributed by atoms with Crippen molar-refractivity contribution >= 4 is 33.1 Å². The van der Waals surface area contributed by atoms with Gasteiger partial charge in [-0.05, 0) is 57.0 Å². The number of hydrogen-bond acceptors (Lipinski definition) is 5. The number of nitrogens with zero attached hydrogens (tertiary/aromatic N) is 5. The van der Waals surface area contributed by atoms with E-state index in [1.165, 1.54) is 0 Å². The zero-order valence-electron chi connectivity index (χ0n) is 8.49. The van der Waals surface area contributed by atoms with E-state index >= 15 is 0 Å². The Labute approximate surface area is 104 Å².